The summed E-state index contributed by atoms with van der Waals surface area (Å²) in [5.41, 5.74) is 0. The van der Waals surface area contributed by atoms with Crippen molar-refractivity contribution in [2.24, 2.45) is 0 Å². The molecular weight excluding hydrogens is 288 g/mol. The van der Waals surface area contributed by atoms with Crippen LogP contribution in [0.3, 0.4) is 0 Å². The maximum atomic E-state index is 12.0. The molecule has 0 radical (unpaired) electrons. The molecule has 0 unspecified atom stereocenters. The first-order chi connectivity index (χ1) is 8.92. The summed E-state index contributed by atoms with van der Waals surface area (Å²) in [4.78, 5) is 13.3. The maximum Gasteiger partial charge on any atom is 0.242 e. The van der Waals surface area contributed by atoms with E-state index in [2.05, 4.69) is 4.72 Å². The van der Waals surface area contributed by atoms with Gasteiger partial charge in [-0.1, -0.05) is 23.7 Å². The zero-order valence-corrected chi connectivity index (χ0v) is 12.5. The minimum Gasteiger partial charge on any atom is -0.342 e. The fourth-order valence-electron chi connectivity index (χ4n) is 1.59. The zero-order chi connectivity index (χ0) is 14.5. The molecule has 0 aliphatic rings. The summed E-state index contributed by atoms with van der Waals surface area (Å²) in [5, 5.41) is 0.130. The molecular formula is C12H17ClN2O3S. The largest absolute Gasteiger partial charge is 0.342 e. The average molecular weight is 305 g/mol. The maximum absolute atomic E-state index is 12.0. The Balaban J connectivity index is 2.77. The van der Waals surface area contributed by atoms with Crippen molar-refractivity contribution in [3.63, 3.8) is 0 Å². The van der Waals surface area contributed by atoms with Crippen molar-refractivity contribution in [3.8, 4) is 0 Å². The van der Waals surface area contributed by atoms with E-state index < -0.39 is 10.0 Å². The summed E-state index contributed by atoms with van der Waals surface area (Å²) in [6.45, 7) is 4.50. The number of carbonyl (C=O) groups excluding carboxylic acids is 1. The fourth-order valence-corrected chi connectivity index (χ4v) is 3.08. The van der Waals surface area contributed by atoms with Crippen LogP contribution in [0.25, 0.3) is 0 Å². The van der Waals surface area contributed by atoms with Crippen LogP contribution in [0, 0.1) is 0 Å². The summed E-state index contributed by atoms with van der Waals surface area (Å²) in [7, 11) is -3.77. The van der Waals surface area contributed by atoms with E-state index >= 15 is 0 Å². The second-order valence-electron chi connectivity index (χ2n) is 3.82. The highest BCUT2D eigenvalue weighted by Crippen LogP contribution is 2.19. The van der Waals surface area contributed by atoms with Crippen molar-refractivity contribution < 1.29 is 13.2 Å². The summed E-state index contributed by atoms with van der Waals surface area (Å²) < 4.78 is 26.2. The first-order valence-electron chi connectivity index (χ1n) is 5.94. The van der Waals surface area contributed by atoms with Gasteiger partial charge in [-0.15, -0.1) is 0 Å². The second-order valence-corrected chi connectivity index (χ2v) is 5.96. The van der Waals surface area contributed by atoms with Crippen LogP contribution in [0.5, 0.6) is 0 Å². The lowest BCUT2D eigenvalue weighted by Crippen LogP contribution is -2.40. The summed E-state index contributed by atoms with van der Waals surface area (Å²) in [6.07, 6.45) is 0. The van der Waals surface area contributed by atoms with Crippen LogP contribution in [-0.2, 0) is 14.8 Å². The van der Waals surface area contributed by atoms with Gasteiger partial charge < -0.3 is 4.90 Å². The SMILES string of the molecule is CCN(CC)C(=O)CNS(=O)(=O)c1ccccc1Cl. The quantitative estimate of drug-likeness (QED) is 0.866. The van der Waals surface area contributed by atoms with E-state index in [1.165, 1.54) is 12.1 Å². The number of hydrogen-bond donors (Lipinski definition) is 1. The molecule has 0 bridgehead atoms. The third-order valence-electron chi connectivity index (χ3n) is 2.66. The van der Waals surface area contributed by atoms with Crippen LogP contribution in [0.4, 0.5) is 0 Å². The third kappa shape index (κ3) is 4.19. The number of rotatable bonds is 6. The smallest absolute Gasteiger partial charge is 0.242 e. The van der Waals surface area contributed by atoms with Crippen LogP contribution >= 0.6 is 11.6 Å². The van der Waals surface area contributed by atoms with Gasteiger partial charge in [-0.05, 0) is 26.0 Å². The molecule has 1 aromatic rings. The van der Waals surface area contributed by atoms with Crippen LogP contribution in [0.1, 0.15) is 13.8 Å². The minimum absolute atomic E-state index is 0.0241. The average Bonchev–Trinajstić information content (AvgIpc) is 2.38. The van der Waals surface area contributed by atoms with Crippen molar-refractivity contribution in [3.05, 3.63) is 29.3 Å². The lowest BCUT2D eigenvalue weighted by Gasteiger charge is -2.18. The molecule has 0 fully saturated rings. The number of likely N-dealkylation sites (N-methyl/N-ethyl adjacent to an activating group) is 1. The van der Waals surface area contributed by atoms with Crippen molar-refractivity contribution in [2.75, 3.05) is 19.6 Å². The van der Waals surface area contributed by atoms with Gasteiger partial charge in [-0.25, -0.2) is 13.1 Å². The van der Waals surface area contributed by atoms with Crippen LogP contribution < -0.4 is 4.72 Å². The number of benzene rings is 1. The molecule has 0 saturated heterocycles. The van der Waals surface area contributed by atoms with E-state index in [1.54, 1.807) is 17.0 Å². The Morgan fingerprint density at radius 2 is 1.84 bits per heavy atom. The van der Waals surface area contributed by atoms with Gasteiger partial charge >= 0.3 is 0 Å². The number of amides is 1. The first-order valence-corrected chi connectivity index (χ1v) is 7.80. The highest BCUT2D eigenvalue weighted by molar-refractivity contribution is 7.89. The molecule has 5 nitrogen and oxygen atoms in total. The van der Waals surface area contributed by atoms with E-state index in [0.29, 0.717) is 13.1 Å². The Morgan fingerprint density at radius 3 is 2.37 bits per heavy atom. The standard InChI is InChI=1S/C12H17ClN2O3S/c1-3-15(4-2)12(16)9-14-19(17,18)11-8-6-5-7-10(11)13/h5-8,14H,3-4,9H2,1-2H3. The number of sulfonamides is 1. The van der Waals surface area contributed by atoms with Gasteiger partial charge in [0.25, 0.3) is 0 Å². The van der Waals surface area contributed by atoms with E-state index in [0.717, 1.165) is 0 Å². The molecule has 1 aromatic carbocycles. The van der Waals surface area contributed by atoms with Crippen LogP contribution in [-0.4, -0.2) is 38.9 Å². The molecule has 0 aliphatic heterocycles. The molecule has 1 N–H and O–H groups in total. The van der Waals surface area contributed by atoms with Crippen molar-refractivity contribution in [1.29, 1.82) is 0 Å². The van der Waals surface area contributed by atoms with Crippen molar-refractivity contribution in [1.82, 2.24) is 9.62 Å². The van der Waals surface area contributed by atoms with Crippen LogP contribution in [0.15, 0.2) is 29.2 Å². The molecule has 0 aromatic heterocycles. The number of hydrogen-bond acceptors (Lipinski definition) is 3. The van der Waals surface area contributed by atoms with Gasteiger partial charge in [-0.3, -0.25) is 4.79 Å². The fraction of sp³-hybridized carbons (Fsp3) is 0.417. The van der Waals surface area contributed by atoms with Crippen molar-refractivity contribution >= 4 is 27.5 Å². The lowest BCUT2D eigenvalue weighted by molar-refractivity contribution is -0.129. The Kier molecular flexibility index (Phi) is 5.78. The normalized spacial score (nSPS) is 11.3. The molecule has 7 heteroatoms. The Hall–Kier alpha value is -1.11. The topological polar surface area (TPSA) is 66.5 Å². The van der Waals surface area contributed by atoms with Crippen molar-refractivity contribution in [2.45, 2.75) is 18.7 Å². The predicted molar refractivity (Wildman–Crippen MR) is 74.6 cm³/mol. The highest BCUT2D eigenvalue weighted by Gasteiger charge is 2.19. The van der Waals surface area contributed by atoms with Gasteiger partial charge in [0.15, 0.2) is 0 Å². The van der Waals surface area contributed by atoms with E-state index in [1.807, 2.05) is 13.8 Å². The molecule has 0 saturated carbocycles. The Labute approximate surface area is 118 Å². The number of nitrogens with one attached hydrogen (secondary N) is 1. The first kappa shape index (κ1) is 15.9. The minimum atomic E-state index is -3.77. The van der Waals surface area contributed by atoms with Gasteiger partial charge in [0.05, 0.1) is 11.6 Å². The molecule has 106 valence electrons. The summed E-state index contributed by atoms with van der Waals surface area (Å²) >= 11 is 5.83. The van der Waals surface area contributed by atoms with Crippen LogP contribution in [0.2, 0.25) is 5.02 Å². The van der Waals surface area contributed by atoms with Gasteiger partial charge in [0, 0.05) is 13.1 Å². The van der Waals surface area contributed by atoms with E-state index in [9.17, 15) is 13.2 Å². The number of halogens is 1. The van der Waals surface area contributed by atoms with E-state index in [4.69, 9.17) is 11.6 Å². The third-order valence-corrected chi connectivity index (χ3v) is 4.56. The molecule has 19 heavy (non-hydrogen) atoms. The molecule has 0 aliphatic carbocycles. The summed E-state index contributed by atoms with van der Waals surface area (Å²) in [6, 6.07) is 6.10. The molecule has 1 rings (SSSR count). The highest BCUT2D eigenvalue weighted by atomic mass is 35.5. The molecule has 0 atom stereocenters. The van der Waals surface area contributed by atoms with Gasteiger partial charge in [0.1, 0.15) is 4.90 Å². The monoisotopic (exact) mass is 304 g/mol. The zero-order valence-electron chi connectivity index (χ0n) is 10.9. The van der Waals surface area contributed by atoms with Gasteiger partial charge in [-0.2, -0.15) is 0 Å². The van der Waals surface area contributed by atoms with Gasteiger partial charge in [0.2, 0.25) is 15.9 Å². The lowest BCUT2D eigenvalue weighted by atomic mass is 10.4. The second kappa shape index (κ2) is 6.88. The Bertz CT molecular complexity index is 542. The Morgan fingerprint density at radius 1 is 1.26 bits per heavy atom. The number of carbonyl (C=O) groups is 1. The van der Waals surface area contributed by atoms with E-state index in [-0.39, 0.29) is 22.4 Å². The summed E-state index contributed by atoms with van der Waals surface area (Å²) in [5.74, 6) is -0.263. The molecule has 0 spiro atoms. The number of nitrogens with zero attached hydrogens (tertiary/aromatic N) is 1. The molecule has 1 amide bonds. The molecule has 0 heterocycles. The predicted octanol–water partition coefficient (Wildman–Crippen LogP) is 1.49.